The molecule has 142 valence electrons. The van der Waals surface area contributed by atoms with E-state index in [0.29, 0.717) is 26.2 Å². The van der Waals surface area contributed by atoms with Crippen molar-refractivity contribution >= 4 is 21.7 Å². The summed E-state index contributed by atoms with van der Waals surface area (Å²) in [6.45, 7) is 3.90. The Morgan fingerprint density at radius 3 is 2.04 bits per heavy atom. The number of non-ortho nitro benzene ring substituents is 1. The van der Waals surface area contributed by atoms with E-state index in [9.17, 15) is 23.3 Å². The van der Waals surface area contributed by atoms with Crippen molar-refractivity contribution in [2.24, 2.45) is 0 Å². The maximum Gasteiger partial charge on any atom is 0.320 e. The number of carbonyl (C=O) groups is 1. The molecule has 0 spiro atoms. The van der Waals surface area contributed by atoms with E-state index in [0.717, 1.165) is 13.1 Å². The van der Waals surface area contributed by atoms with Crippen molar-refractivity contribution in [3.8, 4) is 0 Å². The van der Waals surface area contributed by atoms with Gasteiger partial charge in [-0.3, -0.25) is 10.1 Å². The average molecular weight is 383 g/mol. The molecule has 11 heteroatoms. The van der Waals surface area contributed by atoms with Gasteiger partial charge < -0.3 is 15.1 Å². The Kier molecular flexibility index (Phi) is 5.39. The molecule has 2 fully saturated rings. The predicted octanol–water partition coefficient (Wildman–Crippen LogP) is -0.0737. The number of hydrogen-bond acceptors (Lipinski definition) is 6. The van der Waals surface area contributed by atoms with Crippen LogP contribution in [-0.4, -0.2) is 85.8 Å². The summed E-state index contributed by atoms with van der Waals surface area (Å²) in [5.41, 5.74) is -0.157. The standard InChI is InChI=1S/C15H21N5O5S/c21-15(17-7-5-16-6-8-17)18-9-11-19(12-10-18)26(24,25)14-3-1-13(2-4-14)20(22)23/h1-4,16H,5-12H2. The smallest absolute Gasteiger partial charge is 0.320 e. The number of piperazine rings is 2. The molecule has 26 heavy (non-hydrogen) atoms. The Labute approximate surface area is 151 Å². The second-order valence-electron chi connectivity index (χ2n) is 6.16. The van der Waals surface area contributed by atoms with Crippen LogP contribution in [0.5, 0.6) is 0 Å². The van der Waals surface area contributed by atoms with Crippen LogP contribution in [0.4, 0.5) is 10.5 Å². The fourth-order valence-electron chi connectivity index (χ4n) is 3.06. The quantitative estimate of drug-likeness (QED) is 0.577. The van der Waals surface area contributed by atoms with Crippen LogP contribution in [0.2, 0.25) is 0 Å². The summed E-state index contributed by atoms with van der Waals surface area (Å²) in [5.74, 6) is 0. The predicted molar refractivity (Wildman–Crippen MR) is 93.3 cm³/mol. The lowest BCUT2D eigenvalue weighted by molar-refractivity contribution is -0.384. The first-order chi connectivity index (χ1) is 12.4. The lowest BCUT2D eigenvalue weighted by Gasteiger charge is -2.38. The number of amides is 2. The summed E-state index contributed by atoms with van der Waals surface area (Å²) in [5, 5.41) is 13.9. The van der Waals surface area contributed by atoms with Crippen LogP contribution < -0.4 is 5.32 Å². The Balaban J connectivity index is 1.63. The average Bonchev–Trinajstić information content (AvgIpc) is 2.68. The number of nitrogens with one attached hydrogen (secondary N) is 1. The monoisotopic (exact) mass is 383 g/mol. The number of sulfonamides is 1. The molecule has 3 rings (SSSR count). The van der Waals surface area contributed by atoms with Crippen LogP contribution in [0.3, 0.4) is 0 Å². The highest BCUT2D eigenvalue weighted by Gasteiger charge is 2.32. The minimum atomic E-state index is -3.73. The summed E-state index contributed by atoms with van der Waals surface area (Å²) in [4.78, 5) is 26.1. The van der Waals surface area contributed by atoms with Crippen LogP contribution in [0.1, 0.15) is 0 Å². The topological polar surface area (TPSA) is 116 Å². The molecule has 0 aromatic heterocycles. The van der Waals surface area contributed by atoms with Crippen molar-refractivity contribution in [2.75, 3.05) is 52.4 Å². The van der Waals surface area contributed by atoms with Crippen molar-refractivity contribution in [2.45, 2.75) is 4.90 Å². The van der Waals surface area contributed by atoms with Crippen molar-refractivity contribution in [1.29, 1.82) is 0 Å². The van der Waals surface area contributed by atoms with E-state index in [1.54, 1.807) is 9.80 Å². The Morgan fingerprint density at radius 2 is 1.50 bits per heavy atom. The number of urea groups is 1. The molecule has 2 aliphatic rings. The van der Waals surface area contributed by atoms with Gasteiger partial charge in [-0.1, -0.05) is 0 Å². The van der Waals surface area contributed by atoms with Crippen LogP contribution >= 0.6 is 0 Å². The molecule has 0 bridgehead atoms. The van der Waals surface area contributed by atoms with E-state index >= 15 is 0 Å². The van der Waals surface area contributed by atoms with Gasteiger partial charge in [0.05, 0.1) is 9.82 Å². The molecular weight excluding hydrogens is 362 g/mol. The van der Waals surface area contributed by atoms with Gasteiger partial charge in [-0.05, 0) is 12.1 Å². The molecule has 1 aromatic rings. The van der Waals surface area contributed by atoms with Crippen LogP contribution in [0.15, 0.2) is 29.2 Å². The van der Waals surface area contributed by atoms with Gasteiger partial charge >= 0.3 is 6.03 Å². The van der Waals surface area contributed by atoms with E-state index < -0.39 is 14.9 Å². The first-order valence-corrected chi connectivity index (χ1v) is 9.83. The Bertz CT molecular complexity index is 768. The second kappa shape index (κ2) is 7.56. The number of benzene rings is 1. The number of hydrogen-bond donors (Lipinski definition) is 1. The number of nitrogens with zero attached hydrogens (tertiary/aromatic N) is 4. The fourth-order valence-corrected chi connectivity index (χ4v) is 4.49. The van der Waals surface area contributed by atoms with Crippen LogP contribution in [-0.2, 0) is 10.0 Å². The zero-order valence-corrected chi connectivity index (χ0v) is 15.0. The Hall–Kier alpha value is -2.24. The first-order valence-electron chi connectivity index (χ1n) is 8.39. The van der Waals surface area contributed by atoms with Gasteiger partial charge in [0, 0.05) is 64.5 Å². The largest absolute Gasteiger partial charge is 0.322 e. The normalized spacial score (nSPS) is 19.4. The molecule has 0 saturated carbocycles. The highest BCUT2D eigenvalue weighted by atomic mass is 32.2. The summed E-state index contributed by atoms with van der Waals surface area (Å²) in [6, 6.07) is 4.78. The molecule has 10 nitrogen and oxygen atoms in total. The molecular formula is C15H21N5O5S. The molecule has 0 unspecified atom stereocenters. The first kappa shape index (κ1) is 18.5. The maximum absolute atomic E-state index is 12.7. The summed E-state index contributed by atoms with van der Waals surface area (Å²) in [6.07, 6.45) is 0. The molecule has 1 aromatic carbocycles. The number of carbonyl (C=O) groups excluding carboxylic acids is 1. The van der Waals surface area contributed by atoms with E-state index in [1.165, 1.54) is 28.6 Å². The minimum Gasteiger partial charge on any atom is -0.322 e. The van der Waals surface area contributed by atoms with Gasteiger partial charge in [0.2, 0.25) is 10.0 Å². The van der Waals surface area contributed by atoms with E-state index in [-0.39, 0.29) is 29.7 Å². The third-order valence-corrected chi connectivity index (χ3v) is 6.49. The van der Waals surface area contributed by atoms with Crippen molar-refractivity contribution in [1.82, 2.24) is 19.4 Å². The summed E-state index contributed by atoms with van der Waals surface area (Å²) in [7, 11) is -3.73. The third-order valence-electron chi connectivity index (χ3n) is 4.58. The van der Waals surface area contributed by atoms with Gasteiger partial charge in [0.25, 0.3) is 5.69 Å². The van der Waals surface area contributed by atoms with Gasteiger partial charge in [0.15, 0.2) is 0 Å². The number of rotatable bonds is 3. The van der Waals surface area contributed by atoms with E-state index in [1.807, 2.05) is 0 Å². The van der Waals surface area contributed by atoms with Crippen molar-refractivity contribution in [3.05, 3.63) is 34.4 Å². The van der Waals surface area contributed by atoms with Gasteiger partial charge in [-0.2, -0.15) is 4.31 Å². The molecule has 0 atom stereocenters. The van der Waals surface area contributed by atoms with Gasteiger partial charge in [-0.15, -0.1) is 0 Å². The van der Waals surface area contributed by atoms with Gasteiger partial charge in [-0.25, -0.2) is 13.2 Å². The molecule has 0 radical (unpaired) electrons. The fraction of sp³-hybridized carbons (Fsp3) is 0.533. The summed E-state index contributed by atoms with van der Waals surface area (Å²) < 4.78 is 26.7. The molecule has 2 amide bonds. The number of nitro benzene ring substituents is 1. The lowest BCUT2D eigenvalue weighted by atomic mass is 10.3. The second-order valence-corrected chi connectivity index (χ2v) is 8.10. The SMILES string of the molecule is O=C(N1CCNCC1)N1CCN(S(=O)(=O)c2ccc([N+](=O)[O-])cc2)CC1. The van der Waals surface area contributed by atoms with Crippen LogP contribution in [0.25, 0.3) is 0 Å². The third kappa shape index (κ3) is 3.79. The van der Waals surface area contributed by atoms with Gasteiger partial charge in [0.1, 0.15) is 0 Å². The number of nitro groups is 1. The maximum atomic E-state index is 12.7. The molecule has 1 N–H and O–H groups in total. The summed E-state index contributed by atoms with van der Waals surface area (Å²) >= 11 is 0. The highest BCUT2D eigenvalue weighted by molar-refractivity contribution is 7.89. The molecule has 2 aliphatic heterocycles. The Morgan fingerprint density at radius 1 is 0.962 bits per heavy atom. The zero-order chi connectivity index (χ0) is 18.7. The lowest BCUT2D eigenvalue weighted by Crippen LogP contribution is -2.56. The zero-order valence-electron chi connectivity index (χ0n) is 14.2. The van der Waals surface area contributed by atoms with E-state index in [2.05, 4.69) is 5.32 Å². The molecule has 2 heterocycles. The van der Waals surface area contributed by atoms with Crippen molar-refractivity contribution in [3.63, 3.8) is 0 Å². The van der Waals surface area contributed by atoms with Crippen LogP contribution in [0, 0.1) is 10.1 Å². The molecule has 0 aliphatic carbocycles. The van der Waals surface area contributed by atoms with Crippen molar-refractivity contribution < 1.29 is 18.1 Å². The molecule has 2 saturated heterocycles. The van der Waals surface area contributed by atoms with E-state index in [4.69, 9.17) is 0 Å². The highest BCUT2D eigenvalue weighted by Crippen LogP contribution is 2.21. The minimum absolute atomic E-state index is 0.0185.